The number of aliphatic hydroxyl groups is 2. The number of hydrogen-bond acceptors (Lipinski definition) is 11. The third kappa shape index (κ3) is 32.8. The highest BCUT2D eigenvalue weighted by Gasteiger charge is 2.27. The third-order valence-electron chi connectivity index (χ3n) is 7.65. The predicted molar refractivity (Wildman–Crippen MR) is 189 cm³/mol. The topological polar surface area (TPSA) is 203 Å². The van der Waals surface area contributed by atoms with Crippen LogP contribution in [0.2, 0.25) is 0 Å². The van der Waals surface area contributed by atoms with Gasteiger partial charge in [0, 0.05) is 25.3 Å². The van der Waals surface area contributed by atoms with E-state index in [-0.39, 0.29) is 31.7 Å². The van der Waals surface area contributed by atoms with Gasteiger partial charge in [0.1, 0.15) is 12.7 Å². The van der Waals surface area contributed by atoms with Crippen molar-refractivity contribution < 1.29 is 62.5 Å². The van der Waals surface area contributed by atoms with Gasteiger partial charge in [-0.1, -0.05) is 89.7 Å². The van der Waals surface area contributed by atoms with E-state index in [1.165, 1.54) is 38.5 Å². The molecule has 0 radical (unpaired) electrons. The molecule has 0 fully saturated rings. The van der Waals surface area contributed by atoms with Crippen LogP contribution in [0.4, 0.5) is 0 Å². The number of carboxylic acid groups (broad SMARTS) is 1. The average Bonchev–Trinajstić information content (AvgIpc) is 3.08. The van der Waals surface area contributed by atoms with E-state index in [1.807, 2.05) is 0 Å². The van der Waals surface area contributed by atoms with Crippen molar-refractivity contribution in [1.82, 2.24) is 0 Å². The zero-order chi connectivity index (χ0) is 37.3. The second-order valence-corrected chi connectivity index (χ2v) is 13.9. The van der Waals surface area contributed by atoms with Gasteiger partial charge in [0.05, 0.1) is 19.8 Å². The first-order valence-electron chi connectivity index (χ1n) is 18.3. The number of carbonyl (C=O) groups excluding carboxylic acids is 3. The zero-order valence-corrected chi connectivity index (χ0v) is 30.9. The van der Waals surface area contributed by atoms with E-state index >= 15 is 0 Å². The molecule has 0 aromatic heterocycles. The molecule has 0 rings (SSSR count). The molecular formula is C36H63O13P. The summed E-state index contributed by atoms with van der Waals surface area (Å²) in [5, 5.41) is 26.8. The van der Waals surface area contributed by atoms with Crippen LogP contribution in [-0.4, -0.2) is 82.5 Å². The van der Waals surface area contributed by atoms with E-state index in [9.17, 15) is 33.7 Å². The number of aliphatic carboxylic acids is 1. The molecule has 13 nitrogen and oxygen atoms in total. The van der Waals surface area contributed by atoms with Crippen LogP contribution in [0.15, 0.2) is 24.3 Å². The van der Waals surface area contributed by atoms with E-state index in [2.05, 4.69) is 23.6 Å². The van der Waals surface area contributed by atoms with Gasteiger partial charge in [-0.25, -0.2) is 9.36 Å². The van der Waals surface area contributed by atoms with Crippen molar-refractivity contribution in [1.29, 1.82) is 0 Å². The maximum absolute atomic E-state index is 12.5. The number of rotatable bonds is 35. The van der Waals surface area contributed by atoms with E-state index in [1.54, 1.807) is 0 Å². The fourth-order valence-corrected chi connectivity index (χ4v) is 5.54. The smallest absolute Gasteiger partial charge is 0.472 e. The number of esters is 2. The summed E-state index contributed by atoms with van der Waals surface area (Å²) in [5.41, 5.74) is 0. The molecule has 0 heterocycles. The average molecular weight is 735 g/mol. The Kier molecular flexibility index (Phi) is 30.9. The summed E-state index contributed by atoms with van der Waals surface area (Å²) in [6.45, 7) is -0.120. The van der Waals surface area contributed by atoms with Gasteiger partial charge >= 0.3 is 25.7 Å². The number of hydrogen-bond donors (Lipinski definition) is 4. The Bertz CT molecular complexity index is 1010. The van der Waals surface area contributed by atoms with E-state index in [4.69, 9.17) is 24.2 Å². The molecule has 3 atom stereocenters. The summed E-state index contributed by atoms with van der Waals surface area (Å²) in [4.78, 5) is 56.7. The Morgan fingerprint density at radius 2 is 1.16 bits per heavy atom. The van der Waals surface area contributed by atoms with Crippen molar-refractivity contribution >= 4 is 31.5 Å². The van der Waals surface area contributed by atoms with E-state index in [0.29, 0.717) is 25.7 Å². The van der Waals surface area contributed by atoms with Crippen LogP contribution in [-0.2, 0) is 42.3 Å². The number of carboxylic acids is 1. The van der Waals surface area contributed by atoms with Crippen molar-refractivity contribution in [2.75, 3.05) is 26.4 Å². The van der Waals surface area contributed by atoms with Gasteiger partial charge in [-0.15, -0.1) is 0 Å². The number of allylic oxidation sites excluding steroid dienone is 3. The maximum atomic E-state index is 12.5. The number of unbranched alkanes of at least 4 members (excludes halogenated alkanes) is 15. The summed E-state index contributed by atoms with van der Waals surface area (Å²) >= 11 is 0. The van der Waals surface area contributed by atoms with Gasteiger partial charge in [-0.05, 0) is 51.0 Å². The minimum Gasteiger partial charge on any atom is -0.478 e. The third-order valence-corrected chi connectivity index (χ3v) is 8.60. The lowest BCUT2D eigenvalue weighted by Gasteiger charge is -2.20. The van der Waals surface area contributed by atoms with Gasteiger partial charge in [-0.3, -0.25) is 23.4 Å². The first-order chi connectivity index (χ1) is 24.0. The fraction of sp³-hybridized carbons (Fsp3) is 0.778. The zero-order valence-electron chi connectivity index (χ0n) is 30.1. The minimum absolute atomic E-state index is 0.0373. The van der Waals surface area contributed by atoms with Gasteiger partial charge < -0.3 is 29.7 Å². The Morgan fingerprint density at radius 1 is 0.660 bits per heavy atom. The molecule has 0 amide bonds. The van der Waals surface area contributed by atoms with Crippen molar-refractivity contribution in [3.05, 3.63) is 24.3 Å². The minimum atomic E-state index is -4.67. The molecule has 0 spiro atoms. The van der Waals surface area contributed by atoms with Gasteiger partial charge in [0.2, 0.25) is 0 Å². The SMILES string of the molecule is CCCCCCCC/C=C\CCCCCCCC(=O)OC[C@H](COP(=O)(O)OC[C@@H](O)CO)OC(=O)CCCCCCCC(=O)/C=C/C(=O)O. The molecule has 0 aliphatic rings. The molecule has 0 aliphatic carbocycles. The molecule has 290 valence electrons. The first-order valence-corrected chi connectivity index (χ1v) is 19.8. The van der Waals surface area contributed by atoms with Crippen molar-refractivity contribution in [2.24, 2.45) is 0 Å². The van der Waals surface area contributed by atoms with Crippen LogP contribution >= 0.6 is 7.82 Å². The van der Waals surface area contributed by atoms with Crippen molar-refractivity contribution in [3.63, 3.8) is 0 Å². The molecule has 0 aromatic rings. The number of phosphoric acid groups is 1. The molecule has 0 saturated carbocycles. The monoisotopic (exact) mass is 734 g/mol. The Morgan fingerprint density at radius 3 is 1.72 bits per heavy atom. The summed E-state index contributed by atoms with van der Waals surface area (Å²) in [5.74, 6) is -2.55. The molecule has 0 aromatic carbocycles. The van der Waals surface area contributed by atoms with Crippen LogP contribution in [0.25, 0.3) is 0 Å². The Hall–Kier alpha value is -2.41. The molecule has 50 heavy (non-hydrogen) atoms. The Balaban J connectivity index is 4.43. The van der Waals surface area contributed by atoms with Crippen molar-refractivity contribution in [3.8, 4) is 0 Å². The second kappa shape index (κ2) is 32.5. The van der Waals surface area contributed by atoms with Crippen LogP contribution in [0.3, 0.4) is 0 Å². The molecule has 0 bridgehead atoms. The van der Waals surface area contributed by atoms with Crippen LogP contribution in [0.5, 0.6) is 0 Å². The van der Waals surface area contributed by atoms with Crippen LogP contribution in [0.1, 0.15) is 142 Å². The number of aliphatic hydroxyl groups excluding tert-OH is 2. The summed E-state index contributed by atoms with van der Waals surface area (Å²) in [7, 11) is -4.67. The number of carbonyl (C=O) groups is 4. The lowest BCUT2D eigenvalue weighted by Crippen LogP contribution is -2.29. The summed E-state index contributed by atoms with van der Waals surface area (Å²) in [6.07, 6.45) is 22.2. The van der Waals surface area contributed by atoms with E-state index in [0.717, 1.165) is 63.5 Å². The lowest BCUT2D eigenvalue weighted by molar-refractivity contribution is -0.161. The van der Waals surface area contributed by atoms with E-state index < -0.39 is 57.8 Å². The van der Waals surface area contributed by atoms with Crippen molar-refractivity contribution in [2.45, 2.75) is 154 Å². The highest BCUT2D eigenvalue weighted by atomic mass is 31.2. The molecule has 0 aliphatic heterocycles. The lowest BCUT2D eigenvalue weighted by atomic mass is 10.1. The normalized spacial score (nSPS) is 14.1. The van der Waals surface area contributed by atoms with Gasteiger partial charge in [0.15, 0.2) is 11.9 Å². The molecular weight excluding hydrogens is 671 g/mol. The second-order valence-electron chi connectivity index (χ2n) is 12.4. The summed E-state index contributed by atoms with van der Waals surface area (Å²) in [6, 6.07) is 0. The van der Waals surface area contributed by atoms with Crippen LogP contribution < -0.4 is 0 Å². The number of phosphoric ester groups is 1. The molecule has 1 unspecified atom stereocenters. The summed E-state index contributed by atoms with van der Waals surface area (Å²) < 4.78 is 32.3. The highest BCUT2D eigenvalue weighted by molar-refractivity contribution is 7.47. The number of ketones is 1. The predicted octanol–water partition coefficient (Wildman–Crippen LogP) is 6.91. The molecule has 0 saturated heterocycles. The first kappa shape index (κ1) is 47.6. The fourth-order valence-electron chi connectivity index (χ4n) is 4.75. The standard InChI is InChI=1S/C36H63O13P/c1-2-3-4-5-6-7-8-9-10-11-12-13-14-17-20-23-35(42)46-29-33(30-48-50(44,45)47-28-32(39)27-37)49-36(43)24-21-18-15-16-19-22-31(38)25-26-34(40)41/h9-10,25-26,32-33,37,39H,2-8,11-24,27-30H2,1H3,(H,40,41)(H,44,45)/b10-9-,26-25+/t32-,33+/m0/s1. The van der Waals surface area contributed by atoms with Gasteiger partial charge in [0.25, 0.3) is 0 Å². The highest BCUT2D eigenvalue weighted by Crippen LogP contribution is 2.43. The number of ether oxygens (including phenoxy) is 2. The largest absolute Gasteiger partial charge is 0.478 e. The van der Waals surface area contributed by atoms with Crippen LogP contribution in [0, 0.1) is 0 Å². The van der Waals surface area contributed by atoms with Gasteiger partial charge in [-0.2, -0.15) is 0 Å². The Labute approximate surface area is 298 Å². The molecule has 14 heteroatoms. The quantitative estimate of drug-likeness (QED) is 0.0172. The maximum Gasteiger partial charge on any atom is 0.472 e. The molecule has 4 N–H and O–H groups in total.